The number of aromatic nitrogens is 3. The molecule has 2 aliphatic rings. The number of piperidine rings is 1. The van der Waals surface area contributed by atoms with Gasteiger partial charge in [-0.15, -0.1) is 0 Å². The molecule has 3 N–H and O–H groups in total. The maximum Gasteiger partial charge on any atom is 0.490 e. The number of carboxylic acid groups (broad SMARTS) is 3. The number of alkyl halides is 9. The molecule has 2 aromatic heterocycles. The van der Waals surface area contributed by atoms with E-state index in [1.165, 1.54) is 25.1 Å². The quantitative estimate of drug-likeness (QED) is 0.370. The van der Waals surface area contributed by atoms with Crippen LogP contribution in [0.15, 0.2) is 30.6 Å². The number of ether oxygens (including phenoxy) is 1. The molecule has 21 heteroatoms. The summed E-state index contributed by atoms with van der Waals surface area (Å²) >= 11 is 0. The van der Waals surface area contributed by atoms with Crippen LogP contribution in [0.1, 0.15) is 29.8 Å². The Morgan fingerprint density at radius 2 is 1.44 bits per heavy atom. The highest BCUT2D eigenvalue weighted by Crippen LogP contribution is 2.39. The highest BCUT2D eigenvalue weighted by Gasteiger charge is 2.49. The van der Waals surface area contributed by atoms with Crippen molar-refractivity contribution in [3.05, 3.63) is 47.5 Å². The molecule has 272 valence electrons. The first-order valence-electron chi connectivity index (χ1n) is 13.7. The summed E-state index contributed by atoms with van der Waals surface area (Å²) in [7, 11) is 4.33. The molecule has 2 aliphatic heterocycles. The third-order valence-electron chi connectivity index (χ3n) is 6.94. The van der Waals surface area contributed by atoms with Gasteiger partial charge in [-0.2, -0.15) is 44.6 Å². The van der Waals surface area contributed by atoms with Crippen LogP contribution < -0.4 is 0 Å². The van der Waals surface area contributed by atoms with E-state index >= 15 is 0 Å². The summed E-state index contributed by atoms with van der Waals surface area (Å²) < 4.78 is 103. The lowest BCUT2D eigenvalue weighted by Crippen LogP contribution is -2.71. The summed E-state index contributed by atoms with van der Waals surface area (Å²) in [6.45, 7) is 8.03. The van der Waals surface area contributed by atoms with E-state index in [4.69, 9.17) is 34.4 Å². The summed E-state index contributed by atoms with van der Waals surface area (Å²) in [5, 5.41) is 25.8. The SMILES string of the molecule is Cc1cc(CN2CC3(CC(COCc4cccnc4)CCN3C)C2)n(C)n1.O=C(O)C(F)(F)F.O=C(O)C(F)(F)F.O=C(O)C(F)(F)F. The summed E-state index contributed by atoms with van der Waals surface area (Å²) in [6, 6.07) is 6.24. The fraction of sp³-hybridized carbons (Fsp3) is 0.593. The molecule has 2 saturated heterocycles. The minimum atomic E-state index is -5.08. The molecule has 1 atom stereocenters. The van der Waals surface area contributed by atoms with E-state index < -0.39 is 36.4 Å². The molecular formula is C27H34F9N5O7. The lowest BCUT2D eigenvalue weighted by Gasteiger charge is -2.58. The second-order valence-corrected chi connectivity index (χ2v) is 10.8. The van der Waals surface area contributed by atoms with Crippen molar-refractivity contribution in [2.75, 3.05) is 33.3 Å². The number of halogens is 9. The zero-order chi connectivity index (χ0) is 37.1. The van der Waals surface area contributed by atoms with Gasteiger partial charge in [0.15, 0.2) is 0 Å². The second kappa shape index (κ2) is 17.4. The zero-order valence-electron chi connectivity index (χ0n) is 25.7. The molecule has 1 unspecified atom stereocenters. The average Bonchev–Trinajstić information content (AvgIpc) is 3.25. The molecule has 2 aromatic rings. The Bertz CT molecular complexity index is 1270. The summed E-state index contributed by atoms with van der Waals surface area (Å²) in [4.78, 5) is 36.0. The van der Waals surface area contributed by atoms with Gasteiger partial charge in [0, 0.05) is 51.2 Å². The van der Waals surface area contributed by atoms with Crippen LogP contribution in [0.25, 0.3) is 0 Å². The van der Waals surface area contributed by atoms with Crippen molar-refractivity contribution < 1.29 is 74.0 Å². The number of rotatable bonds is 6. The Balaban J connectivity index is 0.000000448. The Hall–Kier alpha value is -3.98. The molecular weight excluding hydrogens is 677 g/mol. The molecule has 2 fully saturated rings. The van der Waals surface area contributed by atoms with Crippen LogP contribution in [0, 0.1) is 12.8 Å². The van der Waals surface area contributed by atoms with E-state index in [0.717, 1.165) is 37.5 Å². The lowest BCUT2D eigenvalue weighted by atomic mass is 9.75. The van der Waals surface area contributed by atoms with Crippen LogP contribution in [-0.4, -0.2) is 115 Å². The fourth-order valence-electron chi connectivity index (χ4n) is 4.69. The van der Waals surface area contributed by atoms with Crippen molar-refractivity contribution in [2.45, 2.75) is 57.0 Å². The first-order valence-corrected chi connectivity index (χ1v) is 13.7. The first-order chi connectivity index (χ1) is 21.9. The second-order valence-electron chi connectivity index (χ2n) is 10.8. The van der Waals surface area contributed by atoms with Crippen molar-refractivity contribution in [3.63, 3.8) is 0 Å². The van der Waals surface area contributed by atoms with E-state index in [1.54, 1.807) is 6.20 Å². The van der Waals surface area contributed by atoms with Crippen molar-refractivity contribution in [2.24, 2.45) is 13.0 Å². The van der Waals surface area contributed by atoms with Crippen LogP contribution in [-0.2, 0) is 39.3 Å². The van der Waals surface area contributed by atoms with Gasteiger partial charge in [0.25, 0.3) is 0 Å². The molecule has 0 bridgehead atoms. The summed E-state index contributed by atoms with van der Waals surface area (Å²) in [5.74, 6) is -7.62. The fourth-order valence-corrected chi connectivity index (χ4v) is 4.69. The van der Waals surface area contributed by atoms with Gasteiger partial charge in [0.05, 0.1) is 18.0 Å². The zero-order valence-corrected chi connectivity index (χ0v) is 25.7. The summed E-state index contributed by atoms with van der Waals surface area (Å²) in [6.07, 6.45) is -9.09. The number of aryl methyl sites for hydroxylation is 2. The van der Waals surface area contributed by atoms with Gasteiger partial charge >= 0.3 is 36.4 Å². The molecule has 0 saturated carbocycles. The van der Waals surface area contributed by atoms with Gasteiger partial charge in [-0.25, -0.2) is 14.4 Å². The van der Waals surface area contributed by atoms with E-state index in [9.17, 15) is 39.5 Å². The van der Waals surface area contributed by atoms with Crippen molar-refractivity contribution in [3.8, 4) is 0 Å². The van der Waals surface area contributed by atoms with E-state index in [0.29, 0.717) is 18.1 Å². The van der Waals surface area contributed by atoms with Gasteiger partial charge in [-0.05, 0) is 57.0 Å². The minimum Gasteiger partial charge on any atom is -0.475 e. The number of hydrogen-bond donors (Lipinski definition) is 3. The Labute approximate surface area is 267 Å². The predicted molar refractivity (Wildman–Crippen MR) is 146 cm³/mol. The molecule has 0 amide bonds. The van der Waals surface area contributed by atoms with E-state index in [1.807, 2.05) is 24.0 Å². The van der Waals surface area contributed by atoms with Gasteiger partial charge in [-0.1, -0.05) is 6.07 Å². The van der Waals surface area contributed by atoms with Crippen LogP contribution in [0.5, 0.6) is 0 Å². The highest BCUT2D eigenvalue weighted by molar-refractivity contribution is 5.73. The number of nitrogens with zero attached hydrogens (tertiary/aromatic N) is 5. The third kappa shape index (κ3) is 14.4. The Kier molecular flexibility index (Phi) is 15.3. The number of hydrogen-bond acceptors (Lipinski definition) is 8. The van der Waals surface area contributed by atoms with Crippen LogP contribution in [0.4, 0.5) is 39.5 Å². The molecule has 4 rings (SSSR count). The normalized spacial score (nSPS) is 17.8. The molecule has 12 nitrogen and oxygen atoms in total. The number of aliphatic carboxylic acids is 3. The minimum absolute atomic E-state index is 0.328. The Morgan fingerprint density at radius 1 is 0.938 bits per heavy atom. The maximum atomic E-state index is 10.6. The predicted octanol–water partition coefficient (Wildman–Crippen LogP) is 4.14. The standard InChI is InChI=1S/C21H31N5O.3C2HF3O2/c1-17-9-20(25(3)23-17)12-26-15-21(16-26)10-18(6-8-24(21)2)13-27-14-19-5-4-7-22-11-19;3*3-2(4,5)1(6)7/h4-5,7,9,11,18H,6,8,10,12-16H2,1-3H3;3*(H,6,7). The van der Waals surface area contributed by atoms with Crippen LogP contribution in [0.3, 0.4) is 0 Å². The lowest BCUT2D eigenvalue weighted by molar-refractivity contribution is -0.193. The highest BCUT2D eigenvalue weighted by atomic mass is 19.4. The van der Waals surface area contributed by atoms with Gasteiger partial charge in [0.2, 0.25) is 0 Å². The van der Waals surface area contributed by atoms with E-state index in [2.05, 4.69) is 46.0 Å². The average molecular weight is 712 g/mol. The Morgan fingerprint density at radius 3 is 1.83 bits per heavy atom. The molecule has 48 heavy (non-hydrogen) atoms. The number of likely N-dealkylation sites (N-methyl/N-ethyl adjacent to an activating group) is 1. The van der Waals surface area contributed by atoms with Crippen molar-refractivity contribution in [1.82, 2.24) is 24.6 Å². The number of carboxylic acids is 3. The monoisotopic (exact) mass is 711 g/mol. The topological polar surface area (TPSA) is 158 Å². The number of pyridine rings is 1. The maximum absolute atomic E-state index is 10.6. The molecule has 4 heterocycles. The van der Waals surface area contributed by atoms with Gasteiger partial charge in [0.1, 0.15) is 0 Å². The largest absolute Gasteiger partial charge is 0.490 e. The number of likely N-dealkylation sites (tertiary alicyclic amines) is 2. The molecule has 0 aromatic carbocycles. The number of carbonyl (C=O) groups is 3. The smallest absolute Gasteiger partial charge is 0.475 e. The van der Waals surface area contributed by atoms with Gasteiger partial charge < -0.3 is 20.1 Å². The van der Waals surface area contributed by atoms with Crippen molar-refractivity contribution in [1.29, 1.82) is 0 Å². The van der Waals surface area contributed by atoms with E-state index in [-0.39, 0.29) is 0 Å². The van der Waals surface area contributed by atoms with Crippen LogP contribution in [0.2, 0.25) is 0 Å². The first kappa shape index (κ1) is 42.0. The summed E-state index contributed by atoms with van der Waals surface area (Å²) in [5.41, 5.74) is 3.88. The van der Waals surface area contributed by atoms with Crippen LogP contribution >= 0.6 is 0 Å². The van der Waals surface area contributed by atoms with Crippen molar-refractivity contribution >= 4 is 17.9 Å². The molecule has 1 spiro atoms. The molecule has 0 radical (unpaired) electrons. The molecule has 0 aliphatic carbocycles. The van der Waals surface area contributed by atoms with Gasteiger partial charge in [-0.3, -0.25) is 19.5 Å². The third-order valence-corrected chi connectivity index (χ3v) is 6.94.